The Balaban J connectivity index is 1.67. The van der Waals surface area contributed by atoms with Crippen LogP contribution < -0.4 is 5.56 Å². The zero-order chi connectivity index (χ0) is 21.3. The lowest BCUT2D eigenvalue weighted by molar-refractivity contribution is -0.131. The first-order valence-corrected chi connectivity index (χ1v) is 12.1. The fourth-order valence-corrected chi connectivity index (χ4v) is 5.84. The van der Waals surface area contributed by atoms with E-state index in [1.807, 2.05) is 36.9 Å². The summed E-state index contributed by atoms with van der Waals surface area (Å²) in [6.07, 6.45) is 5.01. The summed E-state index contributed by atoms with van der Waals surface area (Å²) in [5.41, 5.74) is 1.72. The van der Waals surface area contributed by atoms with Crippen molar-refractivity contribution in [2.75, 3.05) is 12.3 Å². The van der Waals surface area contributed by atoms with Crippen LogP contribution in [-0.4, -0.2) is 43.7 Å². The predicted octanol–water partition coefficient (Wildman–Crippen LogP) is 4.01. The Morgan fingerprint density at radius 3 is 2.87 bits per heavy atom. The molecule has 1 aliphatic rings. The predicted molar refractivity (Wildman–Crippen MR) is 122 cm³/mol. The zero-order valence-corrected chi connectivity index (χ0v) is 19.2. The fraction of sp³-hybridized carbons (Fsp3) is 0.455. The Hall–Kier alpha value is -2.19. The molecule has 1 atom stereocenters. The molecule has 3 aromatic rings. The third kappa shape index (κ3) is 4.16. The highest BCUT2D eigenvalue weighted by Crippen LogP contribution is 2.29. The second kappa shape index (κ2) is 8.89. The maximum absolute atomic E-state index is 13.4. The Bertz CT molecular complexity index is 1120. The molecule has 1 unspecified atom stereocenters. The molecule has 6 nitrogen and oxygen atoms in total. The van der Waals surface area contributed by atoms with E-state index in [1.54, 1.807) is 10.8 Å². The quantitative estimate of drug-likeness (QED) is 0.441. The van der Waals surface area contributed by atoms with Crippen LogP contribution in [0.25, 0.3) is 10.2 Å². The van der Waals surface area contributed by atoms with E-state index >= 15 is 0 Å². The largest absolute Gasteiger partial charge is 0.339 e. The third-order valence-corrected chi connectivity index (χ3v) is 7.81. The van der Waals surface area contributed by atoms with Crippen molar-refractivity contribution in [3.05, 3.63) is 50.9 Å². The number of thiophene rings is 1. The monoisotopic (exact) mass is 442 g/mol. The van der Waals surface area contributed by atoms with Gasteiger partial charge in [-0.3, -0.25) is 19.1 Å². The number of hydrogen-bond acceptors (Lipinski definition) is 6. The number of likely N-dealkylation sites (tertiary alicyclic amines) is 1. The van der Waals surface area contributed by atoms with Crippen LogP contribution in [-0.2, 0) is 11.3 Å². The molecular formula is C22H26N4O2S2. The van der Waals surface area contributed by atoms with Gasteiger partial charge in [0.2, 0.25) is 5.91 Å². The number of nitrogens with zero attached hydrogens (tertiary/aromatic N) is 4. The molecule has 1 amide bonds. The van der Waals surface area contributed by atoms with Crippen LogP contribution in [0.15, 0.2) is 34.3 Å². The van der Waals surface area contributed by atoms with Gasteiger partial charge in [0.25, 0.3) is 5.56 Å². The van der Waals surface area contributed by atoms with Gasteiger partial charge >= 0.3 is 0 Å². The van der Waals surface area contributed by atoms with Gasteiger partial charge in [0, 0.05) is 23.7 Å². The first kappa shape index (κ1) is 21.1. The summed E-state index contributed by atoms with van der Waals surface area (Å²) < 4.78 is 1.67. The van der Waals surface area contributed by atoms with Crippen LogP contribution in [0.2, 0.25) is 0 Å². The summed E-state index contributed by atoms with van der Waals surface area (Å²) in [4.78, 5) is 39.2. The lowest BCUT2D eigenvalue weighted by Crippen LogP contribution is -2.43. The van der Waals surface area contributed by atoms with Gasteiger partial charge in [-0.25, -0.2) is 4.98 Å². The Labute approximate surface area is 184 Å². The molecule has 1 saturated heterocycles. The first-order valence-electron chi connectivity index (χ1n) is 10.3. The van der Waals surface area contributed by atoms with Crippen LogP contribution >= 0.6 is 23.1 Å². The highest BCUT2D eigenvalue weighted by molar-refractivity contribution is 7.99. The molecule has 0 bridgehead atoms. The van der Waals surface area contributed by atoms with Gasteiger partial charge in [0.05, 0.1) is 23.4 Å². The summed E-state index contributed by atoms with van der Waals surface area (Å²) in [6.45, 7) is 7.25. The summed E-state index contributed by atoms with van der Waals surface area (Å²) in [6, 6.07) is 5.94. The fourth-order valence-electron chi connectivity index (χ4n) is 3.89. The number of aryl methyl sites for hydroxylation is 2. The molecule has 30 heavy (non-hydrogen) atoms. The molecule has 0 spiro atoms. The highest BCUT2D eigenvalue weighted by atomic mass is 32.2. The van der Waals surface area contributed by atoms with Gasteiger partial charge in [0.15, 0.2) is 5.16 Å². The van der Waals surface area contributed by atoms with Crippen molar-refractivity contribution in [3.63, 3.8) is 0 Å². The van der Waals surface area contributed by atoms with Gasteiger partial charge < -0.3 is 4.90 Å². The number of carbonyl (C=O) groups excluding carboxylic acids is 1. The standard InChI is InChI=1S/C22H26N4O2S2/c1-14-8-5-7-11-25(14)18(27)13-29-22-24-20-19(15(2)16(3)30-20)21(28)26(22)12-17-9-4-6-10-23-17/h4,6,9-10,14H,5,7-8,11-13H2,1-3H3. The summed E-state index contributed by atoms with van der Waals surface area (Å²) in [5.74, 6) is 0.401. The molecule has 8 heteroatoms. The molecule has 1 fully saturated rings. The van der Waals surface area contributed by atoms with Gasteiger partial charge in [-0.1, -0.05) is 17.8 Å². The SMILES string of the molecule is Cc1sc2nc(SCC(=O)N3CCCCC3C)n(Cc3ccccn3)c(=O)c2c1C. The summed E-state index contributed by atoms with van der Waals surface area (Å²) in [7, 11) is 0. The van der Waals surface area contributed by atoms with Crippen molar-refractivity contribution in [1.29, 1.82) is 0 Å². The van der Waals surface area contributed by atoms with Crippen LogP contribution in [0.4, 0.5) is 0 Å². The third-order valence-electron chi connectivity index (χ3n) is 5.75. The summed E-state index contributed by atoms with van der Waals surface area (Å²) >= 11 is 2.89. The number of pyridine rings is 1. The van der Waals surface area contributed by atoms with Crippen molar-refractivity contribution >= 4 is 39.2 Å². The molecular weight excluding hydrogens is 416 g/mol. The maximum atomic E-state index is 13.4. The van der Waals surface area contributed by atoms with Crippen LogP contribution in [0, 0.1) is 13.8 Å². The van der Waals surface area contributed by atoms with Gasteiger partial charge in [0.1, 0.15) is 4.83 Å². The molecule has 3 aromatic heterocycles. The molecule has 0 N–H and O–H groups in total. The number of piperidine rings is 1. The van der Waals surface area contributed by atoms with E-state index in [4.69, 9.17) is 4.98 Å². The molecule has 0 aromatic carbocycles. The molecule has 1 aliphatic heterocycles. The number of fused-ring (bicyclic) bond motifs is 1. The molecule has 0 radical (unpaired) electrons. The second-order valence-electron chi connectivity index (χ2n) is 7.79. The van der Waals surface area contributed by atoms with Crippen LogP contribution in [0.3, 0.4) is 0 Å². The molecule has 4 heterocycles. The van der Waals surface area contributed by atoms with E-state index in [0.29, 0.717) is 17.1 Å². The highest BCUT2D eigenvalue weighted by Gasteiger charge is 2.24. The van der Waals surface area contributed by atoms with Crippen molar-refractivity contribution in [2.24, 2.45) is 0 Å². The van der Waals surface area contributed by atoms with Gasteiger partial charge in [-0.05, 0) is 57.7 Å². The normalized spacial score (nSPS) is 16.9. The molecule has 0 saturated carbocycles. The van der Waals surface area contributed by atoms with Crippen LogP contribution in [0.5, 0.6) is 0 Å². The molecule has 4 rings (SSSR count). The lowest BCUT2D eigenvalue weighted by atomic mass is 10.0. The van der Waals surface area contributed by atoms with Crippen molar-refractivity contribution in [3.8, 4) is 0 Å². The number of aromatic nitrogens is 3. The topological polar surface area (TPSA) is 68.1 Å². The lowest BCUT2D eigenvalue weighted by Gasteiger charge is -2.33. The second-order valence-corrected chi connectivity index (χ2v) is 9.94. The zero-order valence-electron chi connectivity index (χ0n) is 17.6. The minimum Gasteiger partial charge on any atom is -0.339 e. The van der Waals surface area contributed by atoms with E-state index < -0.39 is 0 Å². The van der Waals surface area contributed by atoms with E-state index in [0.717, 1.165) is 40.4 Å². The molecule has 0 aliphatic carbocycles. The Morgan fingerprint density at radius 1 is 1.30 bits per heavy atom. The van der Waals surface area contributed by atoms with E-state index in [1.165, 1.54) is 29.5 Å². The van der Waals surface area contributed by atoms with E-state index in [9.17, 15) is 9.59 Å². The minimum absolute atomic E-state index is 0.0613. The smallest absolute Gasteiger partial charge is 0.263 e. The van der Waals surface area contributed by atoms with Gasteiger partial charge in [-0.2, -0.15) is 0 Å². The van der Waals surface area contributed by atoms with Crippen molar-refractivity contribution in [2.45, 2.75) is 57.8 Å². The Kier molecular flexibility index (Phi) is 6.24. The van der Waals surface area contributed by atoms with Crippen molar-refractivity contribution in [1.82, 2.24) is 19.4 Å². The van der Waals surface area contributed by atoms with Gasteiger partial charge in [-0.15, -0.1) is 11.3 Å². The minimum atomic E-state index is -0.0613. The van der Waals surface area contributed by atoms with E-state index in [2.05, 4.69) is 11.9 Å². The summed E-state index contributed by atoms with van der Waals surface area (Å²) in [5, 5.41) is 1.26. The average Bonchev–Trinajstić information content (AvgIpc) is 3.03. The maximum Gasteiger partial charge on any atom is 0.263 e. The first-order chi connectivity index (χ1) is 14.5. The number of thioether (sulfide) groups is 1. The van der Waals surface area contributed by atoms with Crippen LogP contribution in [0.1, 0.15) is 42.3 Å². The number of hydrogen-bond donors (Lipinski definition) is 0. The average molecular weight is 443 g/mol. The number of rotatable bonds is 5. The number of amides is 1. The van der Waals surface area contributed by atoms with Crippen molar-refractivity contribution < 1.29 is 4.79 Å². The molecule has 158 valence electrons. The number of carbonyl (C=O) groups is 1. The van der Waals surface area contributed by atoms with E-state index in [-0.39, 0.29) is 23.3 Å². The Morgan fingerprint density at radius 2 is 2.13 bits per heavy atom.